The molecule has 0 saturated carbocycles. The maximum atomic E-state index is 6.00. The monoisotopic (exact) mass is 224 g/mol. The highest BCUT2D eigenvalue weighted by molar-refractivity contribution is 5.02. The van der Waals surface area contributed by atoms with E-state index in [1.807, 2.05) is 0 Å². The molecule has 0 N–H and O–H groups in total. The van der Waals surface area contributed by atoms with Crippen molar-refractivity contribution < 1.29 is 9.47 Å². The average Bonchev–Trinajstić information content (AvgIpc) is 2.17. The molecule has 0 amide bonds. The molecule has 1 rings (SSSR count). The highest BCUT2D eigenvalue weighted by atomic mass is 16.7. The molecule has 1 saturated heterocycles. The maximum Gasteiger partial charge on any atom is 0.158 e. The summed E-state index contributed by atoms with van der Waals surface area (Å²) in [5.74, 6) is 2.81. The van der Waals surface area contributed by atoms with E-state index in [0.29, 0.717) is 0 Å². The van der Waals surface area contributed by atoms with E-state index in [1.54, 1.807) is 0 Å². The van der Waals surface area contributed by atoms with Gasteiger partial charge in [0.25, 0.3) is 0 Å². The van der Waals surface area contributed by atoms with Gasteiger partial charge in [-0.15, -0.1) is 12.3 Å². The Morgan fingerprint density at radius 1 is 1.31 bits per heavy atom. The summed E-state index contributed by atoms with van der Waals surface area (Å²) < 4.78 is 11.6. The van der Waals surface area contributed by atoms with Crippen molar-refractivity contribution in [3.05, 3.63) is 0 Å². The van der Waals surface area contributed by atoms with Crippen LogP contribution in [-0.4, -0.2) is 18.5 Å². The summed E-state index contributed by atoms with van der Waals surface area (Å²) in [6.07, 6.45) is 9.65. The molecule has 0 bridgehead atoms. The average molecular weight is 224 g/mol. The second-order valence-electron chi connectivity index (χ2n) is 5.88. The lowest BCUT2D eigenvalue weighted by Gasteiger charge is -2.36. The highest BCUT2D eigenvalue weighted by Crippen LogP contribution is 2.31. The van der Waals surface area contributed by atoms with Gasteiger partial charge in [0.1, 0.15) is 0 Å². The number of rotatable bonds is 4. The van der Waals surface area contributed by atoms with E-state index < -0.39 is 0 Å². The van der Waals surface area contributed by atoms with Gasteiger partial charge in [-0.2, -0.15) is 0 Å². The van der Waals surface area contributed by atoms with Crippen molar-refractivity contribution in [2.24, 2.45) is 5.41 Å². The highest BCUT2D eigenvalue weighted by Gasteiger charge is 2.31. The second-order valence-corrected chi connectivity index (χ2v) is 5.88. The summed E-state index contributed by atoms with van der Waals surface area (Å²) in [6, 6.07) is 0. The standard InChI is InChI=1S/C14H24O2/c1-6-13(2,3)11-14(4,5)16-12-9-7-8-10-15-12/h1,12H,7-11H2,2-5H3. The molecule has 2 nitrogen and oxygen atoms in total. The summed E-state index contributed by atoms with van der Waals surface area (Å²) in [6.45, 7) is 9.13. The first-order chi connectivity index (χ1) is 7.35. The van der Waals surface area contributed by atoms with Crippen LogP contribution in [0.5, 0.6) is 0 Å². The number of hydrogen-bond donors (Lipinski definition) is 0. The van der Waals surface area contributed by atoms with E-state index in [2.05, 4.69) is 33.6 Å². The van der Waals surface area contributed by atoms with Crippen LogP contribution in [0.1, 0.15) is 53.4 Å². The molecule has 92 valence electrons. The Morgan fingerprint density at radius 2 is 2.00 bits per heavy atom. The third kappa shape index (κ3) is 4.55. The van der Waals surface area contributed by atoms with Gasteiger partial charge < -0.3 is 9.47 Å². The lowest BCUT2D eigenvalue weighted by molar-refractivity contribution is -0.220. The van der Waals surface area contributed by atoms with Crippen LogP contribution >= 0.6 is 0 Å². The largest absolute Gasteiger partial charge is 0.353 e. The van der Waals surface area contributed by atoms with Crippen LogP contribution in [0.25, 0.3) is 0 Å². The Labute approximate surface area is 99.7 Å². The van der Waals surface area contributed by atoms with Gasteiger partial charge in [-0.05, 0) is 53.4 Å². The van der Waals surface area contributed by atoms with Gasteiger partial charge in [-0.25, -0.2) is 0 Å². The minimum Gasteiger partial charge on any atom is -0.353 e. The number of ether oxygens (including phenoxy) is 2. The van der Waals surface area contributed by atoms with Gasteiger partial charge in [-0.3, -0.25) is 0 Å². The van der Waals surface area contributed by atoms with Crippen molar-refractivity contribution in [2.45, 2.75) is 65.3 Å². The molecular weight excluding hydrogens is 200 g/mol. The van der Waals surface area contributed by atoms with Crippen LogP contribution in [0.3, 0.4) is 0 Å². The minimum atomic E-state index is -0.224. The van der Waals surface area contributed by atoms with E-state index >= 15 is 0 Å². The van der Waals surface area contributed by atoms with Crippen molar-refractivity contribution in [1.29, 1.82) is 0 Å². The van der Waals surface area contributed by atoms with Crippen LogP contribution < -0.4 is 0 Å². The van der Waals surface area contributed by atoms with Crippen LogP contribution in [-0.2, 0) is 9.47 Å². The molecule has 1 aliphatic heterocycles. The van der Waals surface area contributed by atoms with Gasteiger partial charge in [0.2, 0.25) is 0 Å². The van der Waals surface area contributed by atoms with E-state index in [1.165, 1.54) is 6.42 Å². The zero-order valence-electron chi connectivity index (χ0n) is 11.0. The molecule has 1 aliphatic rings. The Hall–Kier alpha value is -0.520. The Kier molecular flexibility index (Phi) is 4.41. The van der Waals surface area contributed by atoms with E-state index in [0.717, 1.165) is 25.9 Å². The van der Waals surface area contributed by atoms with Crippen LogP contribution in [0, 0.1) is 17.8 Å². The SMILES string of the molecule is C#CC(C)(C)CC(C)(C)OC1CCCCO1. The quantitative estimate of drug-likeness (QED) is 0.682. The van der Waals surface area contributed by atoms with Crippen molar-refractivity contribution in [3.8, 4) is 12.3 Å². The molecule has 1 atom stereocenters. The maximum absolute atomic E-state index is 6.00. The molecular formula is C14H24O2. The molecule has 0 aromatic rings. The fraction of sp³-hybridized carbons (Fsp3) is 0.857. The molecule has 0 aliphatic carbocycles. The van der Waals surface area contributed by atoms with Crippen molar-refractivity contribution >= 4 is 0 Å². The van der Waals surface area contributed by atoms with Crippen molar-refractivity contribution in [1.82, 2.24) is 0 Å². The molecule has 0 radical (unpaired) electrons. The normalized spacial score (nSPS) is 22.8. The predicted molar refractivity (Wildman–Crippen MR) is 66.0 cm³/mol. The van der Waals surface area contributed by atoms with Crippen molar-refractivity contribution in [2.75, 3.05) is 6.61 Å². The summed E-state index contributed by atoms with van der Waals surface area (Å²) in [4.78, 5) is 0. The molecule has 16 heavy (non-hydrogen) atoms. The third-order valence-electron chi connectivity index (χ3n) is 2.85. The zero-order chi connectivity index (χ0) is 12.2. The molecule has 2 heteroatoms. The Balaban J connectivity index is 2.47. The lowest BCUT2D eigenvalue weighted by Crippen LogP contribution is -2.37. The smallest absolute Gasteiger partial charge is 0.158 e. The summed E-state index contributed by atoms with van der Waals surface area (Å²) in [5.41, 5.74) is -0.351. The molecule has 0 aromatic heterocycles. The first-order valence-corrected chi connectivity index (χ1v) is 6.12. The van der Waals surface area contributed by atoms with Crippen LogP contribution in [0.15, 0.2) is 0 Å². The van der Waals surface area contributed by atoms with Crippen LogP contribution in [0.4, 0.5) is 0 Å². The fourth-order valence-corrected chi connectivity index (χ4v) is 2.32. The van der Waals surface area contributed by atoms with E-state index in [4.69, 9.17) is 15.9 Å². The zero-order valence-corrected chi connectivity index (χ0v) is 11.0. The number of hydrogen-bond acceptors (Lipinski definition) is 2. The molecule has 0 aromatic carbocycles. The predicted octanol–water partition coefficient (Wildman–Crippen LogP) is 3.36. The molecule has 0 spiro atoms. The summed E-state index contributed by atoms with van der Waals surface area (Å²) in [7, 11) is 0. The minimum absolute atomic E-state index is 0.0441. The topological polar surface area (TPSA) is 18.5 Å². The van der Waals surface area contributed by atoms with Gasteiger partial charge in [0.05, 0.1) is 5.60 Å². The molecule has 1 heterocycles. The first-order valence-electron chi connectivity index (χ1n) is 6.12. The third-order valence-corrected chi connectivity index (χ3v) is 2.85. The lowest BCUT2D eigenvalue weighted by atomic mass is 9.82. The van der Waals surface area contributed by atoms with Gasteiger partial charge >= 0.3 is 0 Å². The second kappa shape index (κ2) is 5.21. The Bertz CT molecular complexity index is 254. The molecule has 1 fully saturated rings. The van der Waals surface area contributed by atoms with Gasteiger partial charge in [-0.1, -0.05) is 0 Å². The van der Waals surface area contributed by atoms with Gasteiger partial charge in [0, 0.05) is 12.0 Å². The van der Waals surface area contributed by atoms with E-state index in [-0.39, 0.29) is 17.3 Å². The molecule has 1 unspecified atom stereocenters. The van der Waals surface area contributed by atoms with E-state index in [9.17, 15) is 0 Å². The number of terminal acetylenes is 1. The van der Waals surface area contributed by atoms with Crippen molar-refractivity contribution in [3.63, 3.8) is 0 Å². The summed E-state index contributed by atoms with van der Waals surface area (Å²) in [5, 5.41) is 0. The Morgan fingerprint density at radius 3 is 2.50 bits per heavy atom. The summed E-state index contributed by atoms with van der Waals surface area (Å²) >= 11 is 0. The van der Waals surface area contributed by atoms with Gasteiger partial charge in [0.15, 0.2) is 6.29 Å². The first kappa shape index (κ1) is 13.5. The fourth-order valence-electron chi connectivity index (χ4n) is 2.32. The van der Waals surface area contributed by atoms with Crippen LogP contribution in [0.2, 0.25) is 0 Å².